The van der Waals surface area contributed by atoms with Gasteiger partial charge in [0.1, 0.15) is 24.4 Å². The fourth-order valence-corrected chi connectivity index (χ4v) is 3.26. The van der Waals surface area contributed by atoms with Crippen LogP contribution in [-0.2, 0) is 28.4 Å². The molecule has 0 aromatic carbocycles. The van der Waals surface area contributed by atoms with Gasteiger partial charge in [-0.05, 0) is 20.8 Å². The highest BCUT2D eigenvalue weighted by Gasteiger charge is 2.47. The molecular formula is C16H30O8. The third-order valence-electron chi connectivity index (χ3n) is 4.62. The summed E-state index contributed by atoms with van der Waals surface area (Å²) in [7, 11) is 3.04. The van der Waals surface area contributed by atoms with E-state index in [2.05, 4.69) is 0 Å². The largest absolute Gasteiger partial charge is 0.388 e. The first-order chi connectivity index (χ1) is 11.4. The van der Waals surface area contributed by atoms with Gasteiger partial charge in [-0.15, -0.1) is 0 Å². The third kappa shape index (κ3) is 4.25. The molecule has 0 saturated carbocycles. The Hall–Kier alpha value is -0.320. The monoisotopic (exact) mass is 350 g/mol. The molecule has 0 bridgehead atoms. The van der Waals surface area contributed by atoms with Gasteiger partial charge in [-0.25, -0.2) is 0 Å². The van der Waals surface area contributed by atoms with Crippen molar-refractivity contribution in [3.8, 4) is 0 Å². The van der Waals surface area contributed by atoms with Crippen LogP contribution in [0.4, 0.5) is 0 Å². The molecule has 8 nitrogen and oxygen atoms in total. The van der Waals surface area contributed by atoms with E-state index in [0.717, 1.165) is 0 Å². The second-order valence-corrected chi connectivity index (χ2v) is 6.23. The van der Waals surface area contributed by atoms with E-state index in [1.807, 2.05) is 13.8 Å². The van der Waals surface area contributed by atoms with Crippen LogP contribution in [0, 0.1) is 0 Å². The zero-order valence-corrected chi connectivity index (χ0v) is 15.0. The molecule has 0 aromatic heterocycles. The summed E-state index contributed by atoms with van der Waals surface area (Å²) in [6.07, 6.45) is -5.12. The molecule has 9 atom stereocenters. The van der Waals surface area contributed by atoms with Crippen molar-refractivity contribution in [2.24, 2.45) is 0 Å². The lowest BCUT2D eigenvalue weighted by Gasteiger charge is -2.45. The highest BCUT2D eigenvalue weighted by molar-refractivity contribution is 4.91. The standard InChI is InChI=1S/C16H30O8/c1-6-21-11-7-10(19-4)14(9(3)22-11)24-16-13(18)15(20-5)12(17)8(2)23-16/h8-18H,6-7H2,1-5H3. The molecule has 8 heteroatoms. The summed E-state index contributed by atoms with van der Waals surface area (Å²) in [5, 5.41) is 20.4. The molecule has 2 saturated heterocycles. The van der Waals surface area contributed by atoms with Crippen LogP contribution >= 0.6 is 0 Å². The van der Waals surface area contributed by atoms with E-state index in [9.17, 15) is 10.2 Å². The van der Waals surface area contributed by atoms with Crippen LogP contribution in [0.3, 0.4) is 0 Å². The smallest absolute Gasteiger partial charge is 0.187 e. The molecule has 0 spiro atoms. The van der Waals surface area contributed by atoms with Gasteiger partial charge in [0.2, 0.25) is 0 Å². The lowest BCUT2D eigenvalue weighted by atomic mass is 9.98. The molecule has 2 fully saturated rings. The number of rotatable bonds is 6. The molecule has 2 rings (SSSR count). The van der Waals surface area contributed by atoms with Crippen LogP contribution in [0.25, 0.3) is 0 Å². The second kappa shape index (κ2) is 8.86. The average molecular weight is 350 g/mol. The molecular weight excluding hydrogens is 320 g/mol. The van der Waals surface area contributed by atoms with Crippen LogP contribution in [-0.4, -0.2) is 86.3 Å². The van der Waals surface area contributed by atoms with Crippen molar-refractivity contribution in [2.45, 2.75) is 82.5 Å². The Kier molecular flexibility index (Phi) is 7.39. The summed E-state index contributed by atoms with van der Waals surface area (Å²) in [6, 6.07) is 0. The topological polar surface area (TPSA) is 95.8 Å². The minimum absolute atomic E-state index is 0.260. The Labute approximate surface area is 142 Å². The average Bonchev–Trinajstić information content (AvgIpc) is 2.55. The van der Waals surface area contributed by atoms with E-state index in [-0.39, 0.29) is 18.5 Å². The number of methoxy groups -OCH3 is 2. The molecule has 2 heterocycles. The molecule has 9 unspecified atom stereocenters. The summed E-state index contributed by atoms with van der Waals surface area (Å²) in [5.41, 5.74) is 0. The first-order valence-corrected chi connectivity index (χ1v) is 8.42. The van der Waals surface area contributed by atoms with E-state index in [1.165, 1.54) is 7.11 Å². The maximum atomic E-state index is 10.4. The number of hydrogen-bond acceptors (Lipinski definition) is 8. The Balaban J connectivity index is 2.05. The second-order valence-electron chi connectivity index (χ2n) is 6.23. The van der Waals surface area contributed by atoms with E-state index < -0.39 is 36.8 Å². The van der Waals surface area contributed by atoms with Gasteiger partial charge >= 0.3 is 0 Å². The van der Waals surface area contributed by atoms with Gasteiger partial charge in [0, 0.05) is 27.2 Å². The van der Waals surface area contributed by atoms with Crippen LogP contribution < -0.4 is 0 Å². The highest BCUT2D eigenvalue weighted by atomic mass is 16.7. The van der Waals surface area contributed by atoms with Crippen LogP contribution in [0.5, 0.6) is 0 Å². The van der Waals surface area contributed by atoms with Gasteiger partial charge in [-0.2, -0.15) is 0 Å². The van der Waals surface area contributed by atoms with E-state index in [4.69, 9.17) is 28.4 Å². The third-order valence-corrected chi connectivity index (χ3v) is 4.62. The molecule has 142 valence electrons. The van der Waals surface area contributed by atoms with Gasteiger partial charge < -0.3 is 38.6 Å². The molecule has 2 N–H and O–H groups in total. The van der Waals surface area contributed by atoms with Gasteiger partial charge in [0.05, 0.1) is 18.3 Å². The lowest BCUT2D eigenvalue weighted by molar-refractivity contribution is -0.339. The minimum Gasteiger partial charge on any atom is -0.388 e. The Morgan fingerprint density at radius 3 is 2.25 bits per heavy atom. The predicted octanol–water partition coefficient (Wildman–Crippen LogP) is 0.0396. The summed E-state index contributed by atoms with van der Waals surface area (Å²) in [5.74, 6) is 0. The number of hydrogen-bond donors (Lipinski definition) is 2. The Morgan fingerprint density at radius 2 is 1.67 bits per heavy atom. The SMILES string of the molecule is CCOC1CC(OC)C(OC2OC(C)C(O)C(OC)C2O)C(C)O1. The van der Waals surface area contributed by atoms with Crippen LogP contribution in [0.15, 0.2) is 0 Å². The number of aliphatic hydroxyl groups excluding tert-OH is 2. The molecule has 0 amide bonds. The fourth-order valence-electron chi connectivity index (χ4n) is 3.26. The zero-order chi connectivity index (χ0) is 17.9. The van der Waals surface area contributed by atoms with E-state index >= 15 is 0 Å². The van der Waals surface area contributed by atoms with Gasteiger partial charge in [0.15, 0.2) is 12.6 Å². The molecule has 2 aliphatic rings. The van der Waals surface area contributed by atoms with Crippen LogP contribution in [0.1, 0.15) is 27.2 Å². The van der Waals surface area contributed by atoms with Crippen molar-refractivity contribution in [2.75, 3.05) is 20.8 Å². The van der Waals surface area contributed by atoms with Crippen molar-refractivity contribution >= 4 is 0 Å². The van der Waals surface area contributed by atoms with Crippen molar-refractivity contribution in [3.63, 3.8) is 0 Å². The fraction of sp³-hybridized carbons (Fsp3) is 1.00. The van der Waals surface area contributed by atoms with Crippen molar-refractivity contribution in [1.29, 1.82) is 0 Å². The van der Waals surface area contributed by atoms with E-state index in [0.29, 0.717) is 13.0 Å². The van der Waals surface area contributed by atoms with E-state index in [1.54, 1.807) is 14.0 Å². The maximum Gasteiger partial charge on any atom is 0.187 e. The zero-order valence-electron chi connectivity index (χ0n) is 15.0. The Bertz CT molecular complexity index is 381. The molecule has 24 heavy (non-hydrogen) atoms. The highest BCUT2D eigenvalue weighted by Crippen LogP contribution is 2.30. The summed E-state index contributed by atoms with van der Waals surface area (Å²) in [4.78, 5) is 0. The quantitative estimate of drug-likeness (QED) is 0.693. The van der Waals surface area contributed by atoms with Gasteiger partial charge in [-0.3, -0.25) is 0 Å². The number of ether oxygens (including phenoxy) is 6. The van der Waals surface area contributed by atoms with Crippen LogP contribution in [0.2, 0.25) is 0 Å². The Morgan fingerprint density at radius 1 is 0.958 bits per heavy atom. The molecule has 0 aliphatic carbocycles. The van der Waals surface area contributed by atoms with Gasteiger partial charge in [-0.1, -0.05) is 0 Å². The van der Waals surface area contributed by atoms with Crippen molar-refractivity contribution < 1.29 is 38.6 Å². The summed E-state index contributed by atoms with van der Waals surface area (Å²) >= 11 is 0. The van der Waals surface area contributed by atoms with Gasteiger partial charge in [0.25, 0.3) is 0 Å². The summed E-state index contributed by atoms with van der Waals surface area (Å²) < 4.78 is 33.6. The summed E-state index contributed by atoms with van der Waals surface area (Å²) in [6.45, 7) is 6.03. The molecule has 0 aromatic rings. The lowest BCUT2D eigenvalue weighted by Crippen LogP contribution is -2.61. The first kappa shape index (κ1) is 20.0. The number of aliphatic hydroxyl groups is 2. The molecule has 2 aliphatic heterocycles. The normalized spacial score (nSPS) is 46.9. The van der Waals surface area contributed by atoms with Crippen molar-refractivity contribution in [3.05, 3.63) is 0 Å². The van der Waals surface area contributed by atoms with Crippen molar-refractivity contribution in [1.82, 2.24) is 0 Å². The maximum absolute atomic E-state index is 10.4. The minimum atomic E-state index is -1.12. The first-order valence-electron chi connectivity index (χ1n) is 8.42. The predicted molar refractivity (Wildman–Crippen MR) is 83.4 cm³/mol. The molecule has 0 radical (unpaired) electrons.